The van der Waals surface area contributed by atoms with Gasteiger partial charge in [-0.25, -0.2) is 4.18 Å². The molecule has 3 amide bonds. The van der Waals surface area contributed by atoms with Crippen molar-refractivity contribution >= 4 is 34.1 Å². The summed E-state index contributed by atoms with van der Waals surface area (Å²) >= 11 is 0. The van der Waals surface area contributed by atoms with E-state index in [1.807, 2.05) is 6.08 Å². The number of amides is 3. The fourth-order valence-electron chi connectivity index (χ4n) is 7.26. The lowest BCUT2D eigenvalue weighted by atomic mass is 9.81. The van der Waals surface area contributed by atoms with Crippen LogP contribution in [-0.2, 0) is 43.2 Å². The van der Waals surface area contributed by atoms with Crippen molar-refractivity contribution in [1.82, 2.24) is 15.5 Å². The number of likely N-dealkylation sites (tertiary alicyclic amines) is 1. The highest BCUT2D eigenvalue weighted by molar-refractivity contribution is 7.80. The van der Waals surface area contributed by atoms with Gasteiger partial charge in [0.2, 0.25) is 11.8 Å². The second-order valence-corrected chi connectivity index (χ2v) is 15.2. The minimum absolute atomic E-state index is 0.0530. The molecule has 12 atom stereocenters. The van der Waals surface area contributed by atoms with E-state index in [9.17, 15) is 48.3 Å². The van der Waals surface area contributed by atoms with Crippen LogP contribution in [0.25, 0.3) is 0 Å². The zero-order valence-corrected chi connectivity index (χ0v) is 30.6. The summed E-state index contributed by atoms with van der Waals surface area (Å²) in [4.78, 5) is 42.9. The molecule has 53 heavy (non-hydrogen) atoms. The molecule has 0 aromatic heterocycles. The first-order chi connectivity index (χ1) is 24.9. The fraction of sp³-hybridized carbons (Fsp3) is 0.806. The van der Waals surface area contributed by atoms with Gasteiger partial charge in [0.1, 0.15) is 43.1 Å². The third kappa shape index (κ3) is 10.4. The van der Waals surface area contributed by atoms with Crippen LogP contribution in [0.15, 0.2) is 11.6 Å². The molecule has 3 fully saturated rings. The Morgan fingerprint density at radius 3 is 2.38 bits per heavy atom. The van der Waals surface area contributed by atoms with Crippen LogP contribution in [0.5, 0.6) is 0 Å². The normalized spacial score (nSPS) is 32.9. The smallest absolute Gasteiger partial charge is 0.394 e. The van der Waals surface area contributed by atoms with E-state index in [1.54, 1.807) is 18.4 Å². The highest BCUT2D eigenvalue weighted by Crippen LogP contribution is 2.42. The molecule has 1 saturated carbocycles. The average molecular weight is 782 g/mol. The molecule has 0 unspecified atom stereocenters. The Balaban J connectivity index is 1.57. The molecule has 302 valence electrons. The molecule has 3 aliphatic heterocycles. The van der Waals surface area contributed by atoms with Gasteiger partial charge in [-0.15, -0.1) is 0 Å². The highest BCUT2D eigenvalue weighted by Gasteiger charge is 2.54. The van der Waals surface area contributed by atoms with Crippen molar-refractivity contribution < 1.29 is 75.9 Å². The number of methoxy groups -OCH3 is 1. The fourth-order valence-corrected chi connectivity index (χ4v) is 7.55. The lowest BCUT2D eigenvalue weighted by Crippen LogP contribution is -2.62. The summed E-state index contributed by atoms with van der Waals surface area (Å²) < 4.78 is 53.7. The number of aliphatic hydroxyl groups is 5. The molecule has 21 nitrogen and oxygen atoms in total. The Hall–Kier alpha value is -3.03. The number of hydrogen-bond donors (Lipinski definition) is 10. The van der Waals surface area contributed by atoms with Gasteiger partial charge in [0.05, 0.1) is 31.9 Å². The van der Waals surface area contributed by atoms with E-state index in [0.29, 0.717) is 19.5 Å². The first-order valence-corrected chi connectivity index (χ1v) is 18.7. The summed E-state index contributed by atoms with van der Waals surface area (Å²) in [6.07, 6.45) is -9.25. The predicted molar refractivity (Wildman–Crippen MR) is 181 cm³/mol. The largest absolute Gasteiger partial charge is 0.397 e. The van der Waals surface area contributed by atoms with Crippen molar-refractivity contribution in [3.8, 4) is 0 Å². The minimum atomic E-state index is -4.91. The van der Waals surface area contributed by atoms with Crippen LogP contribution in [0.4, 0.5) is 0 Å². The number of fused-ring (bicyclic) bond motifs is 1. The number of guanidine groups is 1. The number of carbonyl (C=O) groups is 3. The Bertz CT molecular complexity index is 1490. The Kier molecular flexibility index (Phi) is 14.6. The molecule has 0 radical (unpaired) electrons. The quantitative estimate of drug-likeness (QED) is 0.0321. The third-order valence-electron chi connectivity index (χ3n) is 10.2. The molecule has 0 aromatic carbocycles. The molecule has 22 heteroatoms. The molecule has 0 bridgehead atoms. The molecule has 0 spiro atoms. The van der Waals surface area contributed by atoms with Gasteiger partial charge in [0, 0.05) is 19.7 Å². The van der Waals surface area contributed by atoms with Gasteiger partial charge in [0.25, 0.3) is 5.91 Å². The SMILES string of the molecule is CO[C@H](COS(=O)(=O)O)C(=O)N[C@H](C(=O)N1[C@H](C(=O)NCCC2=CC[N+](=C(N)N)C2)C[C@@H]2C[C@H](O)[C@@H](O[C@H]3O[C@H](CO)[C@@H](O)[C@H](O)[C@H]3O)C[C@@H]21)C(C)C. The lowest BCUT2D eigenvalue weighted by Gasteiger charge is -2.44. The first-order valence-electron chi connectivity index (χ1n) is 17.4. The van der Waals surface area contributed by atoms with Crippen molar-refractivity contribution in [2.75, 3.05) is 40.0 Å². The van der Waals surface area contributed by atoms with Gasteiger partial charge in [-0.1, -0.05) is 13.8 Å². The third-order valence-corrected chi connectivity index (χ3v) is 10.6. The number of ether oxygens (including phenoxy) is 3. The predicted octanol–water partition coefficient (Wildman–Crippen LogP) is -5.38. The maximum absolute atomic E-state index is 14.5. The summed E-state index contributed by atoms with van der Waals surface area (Å²) in [6, 6.07) is -3.08. The number of hydrogen-bond acceptors (Lipinski definition) is 14. The van der Waals surface area contributed by atoms with Crippen LogP contribution in [0, 0.1) is 11.8 Å². The lowest BCUT2D eigenvalue weighted by molar-refractivity contribution is -0.503. The van der Waals surface area contributed by atoms with Crippen molar-refractivity contribution in [2.24, 2.45) is 23.3 Å². The van der Waals surface area contributed by atoms with Crippen LogP contribution in [-0.4, -0.2) is 179 Å². The van der Waals surface area contributed by atoms with E-state index in [1.165, 1.54) is 4.90 Å². The maximum atomic E-state index is 14.5. The van der Waals surface area contributed by atoms with Crippen LogP contribution in [0.2, 0.25) is 0 Å². The number of aliphatic hydroxyl groups excluding tert-OH is 5. The number of nitrogens with one attached hydrogen (secondary N) is 2. The van der Waals surface area contributed by atoms with Gasteiger partial charge in [-0.05, 0) is 49.2 Å². The van der Waals surface area contributed by atoms with E-state index in [2.05, 4.69) is 14.8 Å². The van der Waals surface area contributed by atoms with E-state index in [0.717, 1.165) is 12.7 Å². The Labute approximate surface area is 306 Å². The average Bonchev–Trinajstić information content (AvgIpc) is 3.72. The number of nitrogens with two attached hydrogens (primary N) is 2. The van der Waals surface area contributed by atoms with Gasteiger partial charge in [-0.2, -0.15) is 8.42 Å². The monoisotopic (exact) mass is 781 g/mol. The maximum Gasteiger partial charge on any atom is 0.397 e. The standard InChI is InChI=1S/C31H52N6O15S/c1-14(2)23(35-28(44)22(49-3)13-50-53(46,47)48)29(45)37-17-10-20(51-30-26(42)25(41)24(40)21(12-38)52-30)19(39)9-16(17)8-18(37)27(43)34-6-4-15-5-7-36(11-15)31(32)33/h5,14,16-26,30,38-42H,4,6-13H2,1-3H3,(H6,32,33,34,35,43,44,46,47,48)/p+1/t16-,17+,18+,19+,20+,21-,22-,23+,24-,25+,26-,30+/m1/s1. The van der Waals surface area contributed by atoms with E-state index < -0.39 is 120 Å². The van der Waals surface area contributed by atoms with Gasteiger partial charge >= 0.3 is 16.4 Å². The molecule has 2 saturated heterocycles. The summed E-state index contributed by atoms with van der Waals surface area (Å²) in [5, 5.41) is 57.2. The topological polar surface area (TPSA) is 326 Å². The first kappa shape index (κ1) is 42.7. The van der Waals surface area contributed by atoms with Crippen LogP contribution in [0.3, 0.4) is 0 Å². The van der Waals surface area contributed by atoms with Crippen molar-refractivity contribution in [3.63, 3.8) is 0 Å². The minimum Gasteiger partial charge on any atom is -0.394 e. The molecule has 3 heterocycles. The van der Waals surface area contributed by atoms with Crippen LogP contribution < -0.4 is 22.1 Å². The summed E-state index contributed by atoms with van der Waals surface area (Å²) in [6.45, 7) is 2.93. The molecular weight excluding hydrogens is 728 g/mol. The van der Waals surface area contributed by atoms with Gasteiger partial charge in [0.15, 0.2) is 12.4 Å². The molecule has 1 aliphatic carbocycles. The zero-order chi connectivity index (χ0) is 39.4. The summed E-state index contributed by atoms with van der Waals surface area (Å²) in [5.41, 5.74) is 12.4. The second-order valence-electron chi connectivity index (χ2n) is 14.1. The van der Waals surface area contributed by atoms with Crippen LogP contribution in [0.1, 0.15) is 39.5 Å². The Morgan fingerprint density at radius 2 is 1.79 bits per heavy atom. The van der Waals surface area contributed by atoms with Crippen molar-refractivity contribution in [3.05, 3.63) is 11.6 Å². The highest BCUT2D eigenvalue weighted by atomic mass is 32.3. The van der Waals surface area contributed by atoms with Gasteiger partial charge in [-0.3, -0.25) is 35.0 Å². The van der Waals surface area contributed by atoms with Crippen molar-refractivity contribution in [1.29, 1.82) is 0 Å². The summed E-state index contributed by atoms with van der Waals surface area (Å²) in [5.74, 6) is -2.91. The van der Waals surface area contributed by atoms with Crippen molar-refractivity contribution in [2.45, 2.75) is 107 Å². The zero-order valence-electron chi connectivity index (χ0n) is 29.8. The summed E-state index contributed by atoms with van der Waals surface area (Å²) in [7, 11) is -3.82. The number of rotatable bonds is 15. The van der Waals surface area contributed by atoms with E-state index >= 15 is 0 Å². The van der Waals surface area contributed by atoms with E-state index in [4.69, 9.17) is 30.2 Å². The van der Waals surface area contributed by atoms with Crippen LogP contribution >= 0.6 is 0 Å². The second kappa shape index (κ2) is 18.1. The number of nitrogens with zero attached hydrogens (tertiary/aromatic N) is 2. The van der Waals surface area contributed by atoms with E-state index in [-0.39, 0.29) is 31.8 Å². The molecule has 12 N–H and O–H groups in total. The molecule has 4 rings (SSSR count). The Morgan fingerprint density at radius 1 is 1.09 bits per heavy atom. The molecule has 0 aromatic rings. The molecular formula is C31H53N6O15S+. The number of carbonyl (C=O) groups excluding carboxylic acids is 3. The molecule has 4 aliphatic rings. The van der Waals surface area contributed by atoms with Gasteiger partial charge < -0.3 is 55.3 Å².